The lowest BCUT2D eigenvalue weighted by atomic mass is 9.96. The fourth-order valence-electron chi connectivity index (χ4n) is 4.00. The van der Waals surface area contributed by atoms with Crippen molar-refractivity contribution in [3.8, 4) is 0 Å². The molecule has 3 rings (SSSR count). The highest BCUT2D eigenvalue weighted by Crippen LogP contribution is 2.17. The maximum atomic E-state index is 13.1. The van der Waals surface area contributed by atoms with Crippen LogP contribution in [-0.4, -0.2) is 34.0 Å². The van der Waals surface area contributed by atoms with Crippen LogP contribution in [0.5, 0.6) is 0 Å². The van der Waals surface area contributed by atoms with E-state index < -0.39 is 17.2 Å². The normalized spacial score (nSPS) is 14.8. The second-order valence-corrected chi connectivity index (χ2v) is 8.24. The van der Waals surface area contributed by atoms with Gasteiger partial charge in [-0.25, -0.2) is 0 Å². The molecule has 1 aliphatic rings. The number of nitrogens with zero attached hydrogens (tertiary/aromatic N) is 2. The summed E-state index contributed by atoms with van der Waals surface area (Å²) in [4.78, 5) is 43.0. The largest absolute Gasteiger partial charge is 0.352 e. The lowest BCUT2D eigenvalue weighted by Gasteiger charge is -2.21. The van der Waals surface area contributed by atoms with Gasteiger partial charge < -0.3 is 15.2 Å². The van der Waals surface area contributed by atoms with Crippen molar-refractivity contribution < 1.29 is 9.59 Å². The minimum atomic E-state index is -0.552. The number of aromatic nitrogens is 2. The van der Waals surface area contributed by atoms with E-state index in [1.54, 1.807) is 23.0 Å². The Balaban J connectivity index is 1.84. The van der Waals surface area contributed by atoms with Crippen LogP contribution in [0.1, 0.15) is 71.4 Å². The number of carbonyl (C=O) groups is 2. The molecule has 170 valence electrons. The van der Waals surface area contributed by atoms with Crippen LogP contribution in [0.3, 0.4) is 0 Å². The molecule has 1 fully saturated rings. The van der Waals surface area contributed by atoms with Gasteiger partial charge in [0.2, 0.25) is 5.43 Å². The van der Waals surface area contributed by atoms with E-state index in [1.807, 2.05) is 18.2 Å². The molecule has 2 aromatic heterocycles. The average molecular weight is 437 g/mol. The summed E-state index contributed by atoms with van der Waals surface area (Å²) in [6.45, 7) is 4.31. The van der Waals surface area contributed by atoms with Crippen LogP contribution in [0, 0.1) is 0 Å². The van der Waals surface area contributed by atoms with Crippen LogP contribution in [-0.2, 0) is 13.0 Å². The first-order chi connectivity index (χ1) is 15.6. The molecule has 7 heteroatoms. The van der Waals surface area contributed by atoms with Gasteiger partial charge in [-0.3, -0.25) is 19.4 Å². The van der Waals surface area contributed by atoms with Gasteiger partial charge in [-0.15, -0.1) is 6.58 Å². The smallest absolute Gasteiger partial charge is 0.257 e. The van der Waals surface area contributed by atoms with Gasteiger partial charge in [0.05, 0.1) is 0 Å². The first kappa shape index (κ1) is 23.4. The van der Waals surface area contributed by atoms with Gasteiger partial charge in [0, 0.05) is 49.8 Å². The summed E-state index contributed by atoms with van der Waals surface area (Å²) < 4.78 is 1.73. The molecule has 1 saturated carbocycles. The molecule has 2 aromatic rings. The van der Waals surface area contributed by atoms with Crippen molar-refractivity contribution in [3.05, 3.63) is 76.5 Å². The van der Waals surface area contributed by atoms with Crippen molar-refractivity contribution in [2.24, 2.45) is 0 Å². The summed E-state index contributed by atoms with van der Waals surface area (Å²) in [6.07, 6.45) is 14.5. The van der Waals surface area contributed by atoms with Crippen LogP contribution in [0.4, 0.5) is 0 Å². The Labute approximate surface area is 189 Å². The van der Waals surface area contributed by atoms with Crippen molar-refractivity contribution in [3.63, 3.8) is 0 Å². The molecule has 1 aliphatic carbocycles. The Morgan fingerprint density at radius 3 is 2.41 bits per heavy atom. The molecule has 0 aliphatic heterocycles. The Kier molecular flexibility index (Phi) is 8.78. The monoisotopic (exact) mass is 436 g/mol. The van der Waals surface area contributed by atoms with Gasteiger partial charge in [-0.2, -0.15) is 0 Å². The molecule has 0 spiro atoms. The topological polar surface area (TPSA) is 93.1 Å². The quantitative estimate of drug-likeness (QED) is 0.621. The van der Waals surface area contributed by atoms with Crippen LogP contribution in [0.25, 0.3) is 0 Å². The molecule has 0 radical (unpaired) electrons. The minimum Gasteiger partial charge on any atom is -0.352 e. The third-order valence-corrected chi connectivity index (χ3v) is 5.77. The summed E-state index contributed by atoms with van der Waals surface area (Å²) >= 11 is 0. The molecule has 0 bridgehead atoms. The van der Waals surface area contributed by atoms with Crippen molar-refractivity contribution in [1.29, 1.82) is 0 Å². The second kappa shape index (κ2) is 12.0. The molecule has 7 nitrogen and oxygen atoms in total. The fourth-order valence-corrected chi connectivity index (χ4v) is 4.00. The predicted molar refractivity (Wildman–Crippen MR) is 125 cm³/mol. The molecule has 2 N–H and O–H groups in total. The van der Waals surface area contributed by atoms with Crippen molar-refractivity contribution in [2.75, 3.05) is 6.54 Å². The molecular formula is C25H32N4O3. The zero-order valence-corrected chi connectivity index (χ0v) is 18.5. The molecule has 2 heterocycles. The molecule has 2 amide bonds. The standard InChI is InChI=1S/C25H32N4O3/c1-2-14-27-24(31)21-17-29(16-13-19-10-8-9-15-26-19)18-22(23(21)30)25(32)28-20-11-6-4-3-5-7-12-20/h2,8-10,15,17-18,20H,1,3-7,11-14,16H2,(H,27,31)(H,28,32). The number of pyridine rings is 2. The Hall–Kier alpha value is -3.22. The van der Waals surface area contributed by atoms with E-state index >= 15 is 0 Å². The Morgan fingerprint density at radius 1 is 1.06 bits per heavy atom. The van der Waals surface area contributed by atoms with Gasteiger partial charge in [-0.1, -0.05) is 44.2 Å². The van der Waals surface area contributed by atoms with Crippen molar-refractivity contribution >= 4 is 11.8 Å². The minimum absolute atomic E-state index is 0.000617. The van der Waals surface area contributed by atoms with E-state index in [-0.39, 0.29) is 23.7 Å². The molecular weight excluding hydrogens is 404 g/mol. The van der Waals surface area contributed by atoms with Gasteiger partial charge in [0.25, 0.3) is 11.8 Å². The lowest BCUT2D eigenvalue weighted by molar-refractivity contribution is 0.0928. The first-order valence-corrected chi connectivity index (χ1v) is 11.4. The van der Waals surface area contributed by atoms with Crippen LogP contribution < -0.4 is 16.1 Å². The number of aryl methyl sites for hydroxylation is 2. The third-order valence-electron chi connectivity index (χ3n) is 5.77. The number of rotatable bonds is 8. The number of amides is 2. The lowest BCUT2D eigenvalue weighted by Crippen LogP contribution is -2.40. The third kappa shape index (κ3) is 6.64. The fraction of sp³-hybridized carbons (Fsp3) is 0.440. The summed E-state index contributed by atoms with van der Waals surface area (Å²) in [5.74, 6) is -0.923. The van der Waals surface area contributed by atoms with Gasteiger partial charge in [0.1, 0.15) is 11.1 Å². The van der Waals surface area contributed by atoms with Crippen LogP contribution in [0.2, 0.25) is 0 Å². The van der Waals surface area contributed by atoms with E-state index in [0.717, 1.165) is 31.4 Å². The second-order valence-electron chi connectivity index (χ2n) is 8.24. The highest BCUT2D eigenvalue weighted by Gasteiger charge is 2.21. The number of carbonyl (C=O) groups excluding carboxylic acids is 2. The number of hydrogen-bond donors (Lipinski definition) is 2. The Morgan fingerprint density at radius 2 is 1.75 bits per heavy atom. The van der Waals surface area contributed by atoms with Crippen molar-refractivity contribution in [2.45, 2.75) is 64.0 Å². The van der Waals surface area contributed by atoms with E-state index in [0.29, 0.717) is 13.0 Å². The predicted octanol–water partition coefficient (Wildman–Crippen LogP) is 3.24. The number of nitrogens with one attached hydrogen (secondary N) is 2. The Bertz CT molecular complexity index is 976. The molecule has 0 saturated heterocycles. The summed E-state index contributed by atoms with van der Waals surface area (Å²) in [5, 5.41) is 5.68. The molecule has 0 unspecified atom stereocenters. The summed E-state index contributed by atoms with van der Waals surface area (Å²) in [7, 11) is 0. The maximum absolute atomic E-state index is 13.1. The summed E-state index contributed by atoms with van der Waals surface area (Å²) in [5.41, 5.74) is 0.297. The molecule has 0 aromatic carbocycles. The van der Waals surface area contributed by atoms with Crippen LogP contribution in [0.15, 0.2) is 54.2 Å². The van der Waals surface area contributed by atoms with Crippen LogP contribution >= 0.6 is 0 Å². The van der Waals surface area contributed by atoms with E-state index in [2.05, 4.69) is 22.2 Å². The van der Waals surface area contributed by atoms with E-state index in [1.165, 1.54) is 25.5 Å². The molecule has 0 atom stereocenters. The van der Waals surface area contributed by atoms with E-state index in [4.69, 9.17) is 0 Å². The number of hydrogen-bond acceptors (Lipinski definition) is 4. The maximum Gasteiger partial charge on any atom is 0.257 e. The van der Waals surface area contributed by atoms with Gasteiger partial charge in [0.15, 0.2) is 0 Å². The van der Waals surface area contributed by atoms with Crippen molar-refractivity contribution in [1.82, 2.24) is 20.2 Å². The first-order valence-electron chi connectivity index (χ1n) is 11.4. The average Bonchev–Trinajstić information content (AvgIpc) is 2.79. The SMILES string of the molecule is C=CCNC(=O)c1cn(CCc2ccccn2)cc(C(=O)NC2CCCCCCC2)c1=O. The highest BCUT2D eigenvalue weighted by atomic mass is 16.2. The van der Waals surface area contributed by atoms with Gasteiger partial charge in [-0.05, 0) is 25.0 Å². The summed E-state index contributed by atoms with van der Waals surface area (Å²) in [6, 6.07) is 5.74. The highest BCUT2D eigenvalue weighted by molar-refractivity contribution is 5.99. The zero-order chi connectivity index (χ0) is 22.8. The van der Waals surface area contributed by atoms with E-state index in [9.17, 15) is 14.4 Å². The zero-order valence-electron chi connectivity index (χ0n) is 18.5. The van der Waals surface area contributed by atoms with Gasteiger partial charge >= 0.3 is 0 Å². The molecule has 32 heavy (non-hydrogen) atoms.